The highest BCUT2D eigenvalue weighted by atomic mass is 35.5. The lowest BCUT2D eigenvalue weighted by Gasteiger charge is -2.43. The summed E-state index contributed by atoms with van der Waals surface area (Å²) in [4.78, 5) is 16.9. The number of ether oxygens (including phenoxy) is 3. The number of alkyl halides is 3. The first-order valence-corrected chi connectivity index (χ1v) is 16.6. The van der Waals surface area contributed by atoms with Gasteiger partial charge in [0.15, 0.2) is 0 Å². The topological polar surface area (TPSA) is 51.2 Å². The Morgan fingerprint density at radius 1 is 0.755 bits per heavy atom. The number of nitrogens with zero attached hydrogens (tertiary/aromatic N) is 2. The van der Waals surface area contributed by atoms with Gasteiger partial charge in [0, 0.05) is 40.4 Å². The van der Waals surface area contributed by atoms with Gasteiger partial charge in [0.05, 0.1) is 42.4 Å². The van der Waals surface area contributed by atoms with Crippen LogP contribution in [-0.4, -0.2) is 69.4 Å². The third-order valence-corrected chi connectivity index (χ3v) is 9.07. The van der Waals surface area contributed by atoms with E-state index in [9.17, 15) is 18.0 Å². The summed E-state index contributed by atoms with van der Waals surface area (Å²) in [5.41, 5.74) is 1.63. The SMILES string of the molecule is COCCN(CCOC)C(=O)Cc1cccc(OCCCN(Cc2cccc(C(F)(F)F)c2Cl)C(C)(c2ccccc2)c2ccccc2)c1. The van der Waals surface area contributed by atoms with Crippen LogP contribution in [0.15, 0.2) is 103 Å². The molecule has 262 valence electrons. The van der Waals surface area contributed by atoms with Gasteiger partial charge in [0.1, 0.15) is 5.75 Å². The Morgan fingerprint density at radius 3 is 1.92 bits per heavy atom. The highest BCUT2D eigenvalue weighted by Gasteiger charge is 2.38. The van der Waals surface area contributed by atoms with E-state index in [-0.39, 0.29) is 23.9 Å². The quantitative estimate of drug-likeness (QED) is 0.0981. The molecule has 4 aromatic carbocycles. The van der Waals surface area contributed by atoms with Crippen LogP contribution in [0.5, 0.6) is 5.75 Å². The van der Waals surface area contributed by atoms with Crippen LogP contribution in [0.4, 0.5) is 13.2 Å². The van der Waals surface area contributed by atoms with Crippen LogP contribution < -0.4 is 4.74 Å². The molecule has 0 spiro atoms. The van der Waals surface area contributed by atoms with E-state index < -0.39 is 17.3 Å². The van der Waals surface area contributed by atoms with E-state index in [1.165, 1.54) is 6.07 Å². The van der Waals surface area contributed by atoms with Gasteiger partial charge in [-0.3, -0.25) is 9.69 Å². The zero-order chi connectivity index (χ0) is 35.3. The molecule has 0 heterocycles. The first-order chi connectivity index (χ1) is 23.6. The Kier molecular flexibility index (Phi) is 14.1. The molecule has 0 bridgehead atoms. The second-order valence-electron chi connectivity index (χ2n) is 11.9. The van der Waals surface area contributed by atoms with Gasteiger partial charge in [-0.1, -0.05) is 96.5 Å². The van der Waals surface area contributed by atoms with E-state index in [2.05, 4.69) is 11.8 Å². The summed E-state index contributed by atoms with van der Waals surface area (Å²) in [5, 5.41) is -0.297. The van der Waals surface area contributed by atoms with Crippen molar-refractivity contribution < 1.29 is 32.2 Å². The second-order valence-corrected chi connectivity index (χ2v) is 12.3. The van der Waals surface area contributed by atoms with Crippen molar-refractivity contribution in [1.82, 2.24) is 9.80 Å². The molecule has 49 heavy (non-hydrogen) atoms. The number of amides is 1. The minimum atomic E-state index is -4.57. The van der Waals surface area contributed by atoms with Gasteiger partial charge in [-0.25, -0.2) is 0 Å². The van der Waals surface area contributed by atoms with Crippen molar-refractivity contribution in [1.29, 1.82) is 0 Å². The molecule has 10 heteroatoms. The Bertz CT molecular complexity index is 1560. The van der Waals surface area contributed by atoms with Gasteiger partial charge in [-0.2, -0.15) is 13.2 Å². The zero-order valence-electron chi connectivity index (χ0n) is 28.2. The molecule has 0 fully saturated rings. The lowest BCUT2D eigenvalue weighted by molar-refractivity contribution is -0.137. The predicted molar refractivity (Wildman–Crippen MR) is 187 cm³/mol. The molecule has 0 saturated carbocycles. The fourth-order valence-corrected chi connectivity index (χ4v) is 6.18. The number of hydrogen-bond acceptors (Lipinski definition) is 5. The van der Waals surface area contributed by atoms with Crippen LogP contribution in [0.1, 0.15) is 41.2 Å². The molecule has 0 aromatic heterocycles. The molecule has 1 amide bonds. The predicted octanol–water partition coefficient (Wildman–Crippen LogP) is 8.26. The largest absolute Gasteiger partial charge is 0.494 e. The maximum absolute atomic E-state index is 13.8. The zero-order valence-corrected chi connectivity index (χ0v) is 29.0. The van der Waals surface area contributed by atoms with Gasteiger partial charge in [0.25, 0.3) is 0 Å². The molecule has 0 unspecified atom stereocenters. The number of hydrogen-bond donors (Lipinski definition) is 0. The normalized spacial score (nSPS) is 11.9. The van der Waals surface area contributed by atoms with Crippen molar-refractivity contribution in [3.63, 3.8) is 0 Å². The number of rotatable bonds is 18. The van der Waals surface area contributed by atoms with E-state index in [4.69, 9.17) is 25.8 Å². The minimum absolute atomic E-state index is 0.0312. The van der Waals surface area contributed by atoms with E-state index in [0.29, 0.717) is 57.2 Å². The average Bonchev–Trinajstić information content (AvgIpc) is 3.10. The molecule has 0 radical (unpaired) electrons. The fraction of sp³-hybridized carbons (Fsp3) is 0.359. The van der Waals surface area contributed by atoms with Crippen molar-refractivity contribution >= 4 is 17.5 Å². The van der Waals surface area contributed by atoms with E-state index >= 15 is 0 Å². The Morgan fingerprint density at radius 2 is 1.35 bits per heavy atom. The Hall–Kier alpha value is -3.89. The van der Waals surface area contributed by atoms with E-state index in [1.807, 2.05) is 84.9 Å². The highest BCUT2D eigenvalue weighted by Crippen LogP contribution is 2.40. The lowest BCUT2D eigenvalue weighted by Crippen LogP contribution is -2.45. The second kappa shape index (κ2) is 18.2. The van der Waals surface area contributed by atoms with Crippen LogP contribution in [0, 0.1) is 0 Å². The Balaban J connectivity index is 1.54. The standard InChI is InChI=1S/C39H44ClF3N2O4/c1-38(32-15-6-4-7-16-32,33-17-8-5-9-18-33)45(29-31-14-11-20-35(37(31)40)39(41,42)43)21-12-24-49-34-19-10-13-30(27-34)28-36(46)44(22-25-47-2)23-26-48-3/h4-11,13-20,27H,12,21-26,28-29H2,1-3H3. The first-order valence-electron chi connectivity index (χ1n) is 16.3. The summed E-state index contributed by atoms with van der Waals surface area (Å²) in [7, 11) is 3.20. The van der Waals surface area contributed by atoms with Gasteiger partial charge < -0.3 is 19.1 Å². The van der Waals surface area contributed by atoms with Crippen LogP contribution in [0.3, 0.4) is 0 Å². The summed E-state index contributed by atoms with van der Waals surface area (Å²) in [6.07, 6.45) is -3.79. The van der Waals surface area contributed by atoms with Crippen molar-refractivity contribution in [2.24, 2.45) is 0 Å². The van der Waals surface area contributed by atoms with E-state index in [0.717, 1.165) is 22.8 Å². The van der Waals surface area contributed by atoms with Gasteiger partial charge in [-0.05, 0) is 53.8 Å². The fourth-order valence-electron chi connectivity index (χ4n) is 5.89. The molecule has 0 aliphatic rings. The van der Waals surface area contributed by atoms with Crippen molar-refractivity contribution in [3.05, 3.63) is 136 Å². The number of halogens is 4. The van der Waals surface area contributed by atoms with Crippen molar-refractivity contribution in [2.75, 3.05) is 53.7 Å². The minimum Gasteiger partial charge on any atom is -0.494 e. The molecular formula is C39H44ClF3N2O4. The summed E-state index contributed by atoms with van der Waals surface area (Å²) < 4.78 is 58.0. The summed E-state index contributed by atoms with van der Waals surface area (Å²) in [6, 6.07) is 31.4. The highest BCUT2D eigenvalue weighted by molar-refractivity contribution is 6.32. The van der Waals surface area contributed by atoms with Gasteiger partial charge in [-0.15, -0.1) is 0 Å². The van der Waals surface area contributed by atoms with Gasteiger partial charge >= 0.3 is 6.18 Å². The summed E-state index contributed by atoms with van der Waals surface area (Å²) in [6.45, 7) is 4.90. The molecule has 4 rings (SSSR count). The Labute approximate surface area is 292 Å². The van der Waals surface area contributed by atoms with Crippen LogP contribution in [0.2, 0.25) is 5.02 Å². The molecule has 0 atom stereocenters. The van der Waals surface area contributed by atoms with Crippen molar-refractivity contribution in [2.45, 2.75) is 38.0 Å². The molecule has 0 aliphatic carbocycles. The third kappa shape index (κ3) is 10.3. The molecule has 6 nitrogen and oxygen atoms in total. The van der Waals surface area contributed by atoms with Crippen molar-refractivity contribution in [3.8, 4) is 5.75 Å². The molecule has 0 saturated heterocycles. The monoisotopic (exact) mass is 696 g/mol. The lowest BCUT2D eigenvalue weighted by atomic mass is 9.82. The summed E-state index contributed by atoms with van der Waals surface area (Å²) >= 11 is 6.43. The molecular weight excluding hydrogens is 653 g/mol. The maximum Gasteiger partial charge on any atom is 0.417 e. The van der Waals surface area contributed by atoms with Crippen LogP contribution in [0.25, 0.3) is 0 Å². The average molecular weight is 697 g/mol. The number of methoxy groups -OCH3 is 2. The number of carbonyl (C=O) groups is 1. The third-order valence-electron chi connectivity index (χ3n) is 8.63. The van der Waals surface area contributed by atoms with Crippen LogP contribution >= 0.6 is 11.6 Å². The van der Waals surface area contributed by atoms with Crippen LogP contribution in [-0.2, 0) is 38.9 Å². The molecule has 4 aromatic rings. The number of benzene rings is 4. The number of carbonyl (C=O) groups excluding carboxylic acids is 1. The first kappa shape index (κ1) is 37.9. The molecule has 0 N–H and O–H groups in total. The smallest absolute Gasteiger partial charge is 0.417 e. The maximum atomic E-state index is 13.8. The summed E-state index contributed by atoms with van der Waals surface area (Å²) in [5.74, 6) is 0.600. The molecule has 0 aliphatic heterocycles. The van der Waals surface area contributed by atoms with E-state index in [1.54, 1.807) is 25.2 Å². The van der Waals surface area contributed by atoms with Gasteiger partial charge in [0.2, 0.25) is 5.91 Å².